The number of carbonyl (C=O) groups excluding carboxylic acids is 2. The first-order chi connectivity index (χ1) is 6.65. The molecule has 72 valence electrons. The van der Waals surface area contributed by atoms with E-state index in [4.69, 9.17) is 0 Å². The van der Waals surface area contributed by atoms with E-state index >= 15 is 0 Å². The van der Waals surface area contributed by atoms with Crippen LogP contribution in [0.5, 0.6) is 0 Å². The molecule has 0 bridgehead atoms. The van der Waals surface area contributed by atoms with E-state index in [2.05, 4.69) is 0 Å². The van der Waals surface area contributed by atoms with Crippen LogP contribution in [-0.2, 0) is 4.79 Å². The lowest BCUT2D eigenvalue weighted by Crippen LogP contribution is -2.29. The smallest absolute Gasteiger partial charge is 0.299 e. The van der Waals surface area contributed by atoms with Crippen molar-refractivity contribution in [2.45, 2.75) is 13.8 Å². The van der Waals surface area contributed by atoms with Gasteiger partial charge in [0, 0.05) is 6.54 Å². The van der Waals surface area contributed by atoms with E-state index in [1.54, 1.807) is 6.07 Å². The highest BCUT2D eigenvalue weighted by Crippen LogP contribution is 2.29. The molecule has 3 nitrogen and oxygen atoms in total. The zero-order chi connectivity index (χ0) is 10.3. The lowest BCUT2D eigenvalue weighted by Gasteiger charge is -2.13. The summed E-state index contributed by atoms with van der Waals surface area (Å²) in [7, 11) is 0. The molecule has 0 radical (unpaired) electrons. The molecule has 0 aliphatic carbocycles. The Morgan fingerprint density at radius 1 is 1.29 bits per heavy atom. The average molecular weight is 189 g/mol. The average Bonchev–Trinajstić information content (AvgIpc) is 2.39. The van der Waals surface area contributed by atoms with E-state index in [-0.39, 0.29) is 5.78 Å². The van der Waals surface area contributed by atoms with Gasteiger partial charge in [-0.15, -0.1) is 0 Å². The molecule has 0 spiro atoms. The maximum Gasteiger partial charge on any atom is 0.299 e. The number of nitrogens with zero attached hydrogens (tertiary/aromatic N) is 1. The lowest BCUT2D eigenvalue weighted by molar-refractivity contribution is -0.114. The molecule has 1 amide bonds. The van der Waals surface area contributed by atoms with E-state index in [0.717, 1.165) is 11.3 Å². The number of ketones is 1. The summed E-state index contributed by atoms with van der Waals surface area (Å²) in [6.45, 7) is 4.35. The fraction of sp³-hybridized carbons (Fsp3) is 0.273. The number of amides is 1. The molecule has 0 fully saturated rings. The van der Waals surface area contributed by atoms with Crippen LogP contribution in [0.25, 0.3) is 0 Å². The van der Waals surface area contributed by atoms with E-state index < -0.39 is 5.91 Å². The standard InChI is InChI=1S/C11H11NO2/c1-3-12-9-6-7(2)4-5-8(9)10(13)11(12)14/h4-6H,3H2,1-2H3. The van der Waals surface area contributed by atoms with Crippen molar-refractivity contribution in [3.8, 4) is 0 Å². The number of anilines is 1. The number of Topliss-reactive ketones (excluding diaryl/α,β-unsaturated/α-hetero) is 1. The van der Waals surface area contributed by atoms with Crippen LogP contribution in [0.1, 0.15) is 22.8 Å². The van der Waals surface area contributed by atoms with Gasteiger partial charge in [0.1, 0.15) is 0 Å². The molecule has 1 heterocycles. The van der Waals surface area contributed by atoms with Crippen LogP contribution in [0.2, 0.25) is 0 Å². The normalized spacial score (nSPS) is 14.9. The molecule has 14 heavy (non-hydrogen) atoms. The third-order valence-electron chi connectivity index (χ3n) is 2.44. The summed E-state index contributed by atoms with van der Waals surface area (Å²) < 4.78 is 0. The Hall–Kier alpha value is -1.64. The number of aryl methyl sites for hydroxylation is 1. The fourth-order valence-corrected chi connectivity index (χ4v) is 1.72. The summed E-state index contributed by atoms with van der Waals surface area (Å²) in [5.41, 5.74) is 2.34. The molecule has 1 aromatic rings. The first kappa shape index (κ1) is 8.94. The fourth-order valence-electron chi connectivity index (χ4n) is 1.72. The number of likely N-dealkylation sites (N-methyl/N-ethyl adjacent to an activating group) is 1. The van der Waals surface area contributed by atoms with Gasteiger partial charge < -0.3 is 4.90 Å². The van der Waals surface area contributed by atoms with Crippen molar-refractivity contribution in [1.82, 2.24) is 0 Å². The minimum atomic E-state index is -0.409. The Kier molecular flexibility index (Phi) is 1.88. The zero-order valence-corrected chi connectivity index (χ0v) is 8.20. The number of carbonyl (C=O) groups is 2. The maximum atomic E-state index is 11.5. The second-order valence-electron chi connectivity index (χ2n) is 3.40. The van der Waals surface area contributed by atoms with Crippen LogP contribution >= 0.6 is 0 Å². The van der Waals surface area contributed by atoms with E-state index in [1.165, 1.54) is 4.90 Å². The topological polar surface area (TPSA) is 37.4 Å². The van der Waals surface area contributed by atoms with Crippen molar-refractivity contribution in [3.63, 3.8) is 0 Å². The highest BCUT2D eigenvalue weighted by atomic mass is 16.2. The number of benzene rings is 1. The molecule has 0 unspecified atom stereocenters. The summed E-state index contributed by atoms with van der Waals surface area (Å²) in [6, 6.07) is 5.45. The molecular formula is C11H11NO2. The Morgan fingerprint density at radius 3 is 2.64 bits per heavy atom. The first-order valence-electron chi connectivity index (χ1n) is 4.62. The maximum absolute atomic E-state index is 11.5. The molecule has 0 saturated heterocycles. The van der Waals surface area contributed by atoms with Crippen molar-refractivity contribution >= 4 is 17.4 Å². The van der Waals surface area contributed by atoms with Crippen molar-refractivity contribution < 1.29 is 9.59 Å². The Morgan fingerprint density at radius 2 is 2.00 bits per heavy atom. The Bertz CT molecular complexity index is 423. The third-order valence-corrected chi connectivity index (χ3v) is 2.44. The van der Waals surface area contributed by atoms with Gasteiger partial charge in [-0.3, -0.25) is 9.59 Å². The van der Waals surface area contributed by atoms with E-state index in [9.17, 15) is 9.59 Å². The van der Waals surface area contributed by atoms with E-state index in [1.807, 2.05) is 26.0 Å². The van der Waals surface area contributed by atoms with Gasteiger partial charge in [0.15, 0.2) is 0 Å². The lowest BCUT2D eigenvalue weighted by atomic mass is 10.1. The number of hydrogen-bond donors (Lipinski definition) is 0. The minimum Gasteiger partial charge on any atom is -0.305 e. The SMILES string of the molecule is CCN1C(=O)C(=O)c2ccc(C)cc21. The summed E-state index contributed by atoms with van der Waals surface area (Å²) in [4.78, 5) is 24.5. The summed E-state index contributed by atoms with van der Waals surface area (Å²) >= 11 is 0. The van der Waals surface area contributed by atoms with Crippen molar-refractivity contribution in [2.24, 2.45) is 0 Å². The number of fused-ring (bicyclic) bond motifs is 1. The monoisotopic (exact) mass is 189 g/mol. The second kappa shape index (κ2) is 2.94. The summed E-state index contributed by atoms with van der Waals surface area (Å²) in [5.74, 6) is -0.796. The minimum absolute atomic E-state index is 0.387. The highest BCUT2D eigenvalue weighted by Gasteiger charge is 2.34. The predicted octanol–water partition coefficient (Wildman–Crippen LogP) is 1.54. The first-order valence-corrected chi connectivity index (χ1v) is 4.62. The van der Waals surface area contributed by atoms with Crippen LogP contribution in [0.15, 0.2) is 18.2 Å². The van der Waals surface area contributed by atoms with Crippen molar-refractivity contribution in [3.05, 3.63) is 29.3 Å². The largest absolute Gasteiger partial charge is 0.305 e. The summed E-state index contributed by atoms with van der Waals surface area (Å²) in [5, 5.41) is 0. The molecule has 0 aromatic heterocycles. The number of hydrogen-bond acceptors (Lipinski definition) is 2. The van der Waals surface area contributed by atoms with Gasteiger partial charge in [0.2, 0.25) is 0 Å². The Labute approximate surface area is 82.3 Å². The molecule has 0 atom stereocenters. The molecule has 0 N–H and O–H groups in total. The summed E-state index contributed by atoms with van der Waals surface area (Å²) in [6.07, 6.45) is 0. The third kappa shape index (κ3) is 1.05. The Balaban J connectivity index is 2.62. The van der Waals surface area contributed by atoms with Gasteiger partial charge in [-0.25, -0.2) is 0 Å². The molecule has 2 rings (SSSR count). The molecule has 1 aliphatic heterocycles. The predicted molar refractivity (Wildman–Crippen MR) is 53.5 cm³/mol. The quantitative estimate of drug-likeness (QED) is 0.628. The molecule has 1 aromatic carbocycles. The van der Waals surface area contributed by atoms with Crippen molar-refractivity contribution in [2.75, 3.05) is 11.4 Å². The van der Waals surface area contributed by atoms with Gasteiger partial charge in [0.05, 0.1) is 11.3 Å². The van der Waals surface area contributed by atoms with Crippen LogP contribution in [0.4, 0.5) is 5.69 Å². The van der Waals surface area contributed by atoms with Gasteiger partial charge in [-0.2, -0.15) is 0 Å². The zero-order valence-electron chi connectivity index (χ0n) is 8.20. The van der Waals surface area contributed by atoms with Gasteiger partial charge in [-0.05, 0) is 31.5 Å². The molecule has 3 heteroatoms. The van der Waals surface area contributed by atoms with Gasteiger partial charge in [-0.1, -0.05) is 6.07 Å². The van der Waals surface area contributed by atoms with Gasteiger partial charge in [0.25, 0.3) is 11.7 Å². The van der Waals surface area contributed by atoms with Crippen molar-refractivity contribution in [1.29, 1.82) is 0 Å². The van der Waals surface area contributed by atoms with Crippen LogP contribution < -0.4 is 4.90 Å². The van der Waals surface area contributed by atoms with Crippen LogP contribution in [0.3, 0.4) is 0 Å². The number of rotatable bonds is 1. The van der Waals surface area contributed by atoms with Crippen LogP contribution in [0, 0.1) is 6.92 Å². The van der Waals surface area contributed by atoms with Gasteiger partial charge >= 0.3 is 0 Å². The van der Waals surface area contributed by atoms with E-state index in [0.29, 0.717) is 12.1 Å². The molecular weight excluding hydrogens is 178 g/mol. The second-order valence-corrected chi connectivity index (χ2v) is 3.40. The molecule has 1 aliphatic rings. The highest BCUT2D eigenvalue weighted by molar-refractivity contribution is 6.52. The van der Waals surface area contributed by atoms with Crippen LogP contribution in [-0.4, -0.2) is 18.2 Å². The molecule has 0 saturated carbocycles.